The Morgan fingerprint density at radius 1 is 0.947 bits per heavy atom. The first-order valence-corrected chi connectivity index (χ1v) is 4.97. The molecule has 2 nitrogen and oxygen atoms in total. The van der Waals surface area contributed by atoms with Gasteiger partial charge in [-0.3, -0.25) is 0 Å². The van der Waals surface area contributed by atoms with Gasteiger partial charge in [0.25, 0.3) is 0 Å². The zero-order chi connectivity index (χ0) is 14.9. The molecule has 1 aromatic rings. The fraction of sp³-hybridized carbons (Fsp3) is 0.300. The average molecular weight is 307 g/mol. The predicted molar refractivity (Wildman–Crippen MR) is 52.8 cm³/mol. The van der Waals surface area contributed by atoms with Crippen molar-refractivity contribution in [3.05, 3.63) is 30.3 Å². The molecule has 0 radical (unpaired) electrons. The number of alkyl halides is 7. The average Bonchev–Trinajstić information content (AvgIpc) is 2.26. The molecule has 9 heteroatoms. The number of halogens is 7. The van der Waals surface area contributed by atoms with E-state index in [0.29, 0.717) is 0 Å². The molecule has 0 spiro atoms. The van der Waals surface area contributed by atoms with E-state index in [1.165, 1.54) is 18.2 Å². The van der Waals surface area contributed by atoms with Crippen molar-refractivity contribution in [3.63, 3.8) is 0 Å². The Kier molecular flexibility index (Phi) is 4.04. The SMILES string of the molecule is O=C(Oc1ccccc1)C(Cl)(C(F)(F)F)C(F)(F)F. The van der Waals surface area contributed by atoms with Crippen LogP contribution in [0.3, 0.4) is 0 Å². The number of hydrogen-bond donors (Lipinski definition) is 0. The summed E-state index contributed by atoms with van der Waals surface area (Å²) in [5.41, 5.74) is 0. The summed E-state index contributed by atoms with van der Waals surface area (Å²) >= 11 is 4.47. The second kappa shape index (κ2) is 4.92. The molecule has 0 N–H and O–H groups in total. The van der Waals surface area contributed by atoms with Crippen LogP contribution < -0.4 is 4.74 Å². The van der Waals surface area contributed by atoms with Gasteiger partial charge >= 0.3 is 23.2 Å². The van der Waals surface area contributed by atoms with Crippen LogP contribution in [-0.4, -0.2) is 23.2 Å². The number of rotatable bonds is 2. The van der Waals surface area contributed by atoms with Gasteiger partial charge in [-0.2, -0.15) is 26.3 Å². The molecule has 106 valence electrons. The van der Waals surface area contributed by atoms with Crippen LogP contribution in [-0.2, 0) is 4.79 Å². The van der Waals surface area contributed by atoms with Crippen molar-refractivity contribution >= 4 is 17.6 Å². The number of esters is 1. The summed E-state index contributed by atoms with van der Waals surface area (Å²) in [5, 5.41) is 0. The van der Waals surface area contributed by atoms with Crippen LogP contribution in [0.4, 0.5) is 26.3 Å². The van der Waals surface area contributed by atoms with Crippen LogP contribution in [0.15, 0.2) is 30.3 Å². The molecule has 0 fully saturated rings. The van der Waals surface area contributed by atoms with Gasteiger partial charge in [-0.25, -0.2) is 4.79 Å². The zero-order valence-electron chi connectivity index (χ0n) is 8.85. The van der Waals surface area contributed by atoms with Gasteiger partial charge in [0, 0.05) is 0 Å². The Balaban J connectivity index is 3.11. The molecule has 0 aromatic heterocycles. The van der Waals surface area contributed by atoms with E-state index in [0.717, 1.165) is 12.1 Å². The first kappa shape index (κ1) is 15.6. The molecular formula is C10H5ClF6O2. The van der Waals surface area contributed by atoms with Gasteiger partial charge in [-0.15, -0.1) is 0 Å². The van der Waals surface area contributed by atoms with Crippen LogP contribution in [0.5, 0.6) is 5.75 Å². The van der Waals surface area contributed by atoms with Crippen LogP contribution in [0.1, 0.15) is 0 Å². The molecule has 0 bridgehead atoms. The van der Waals surface area contributed by atoms with Crippen molar-refractivity contribution in [2.45, 2.75) is 17.2 Å². The summed E-state index contributed by atoms with van der Waals surface area (Å²) < 4.78 is 78.4. The van der Waals surface area contributed by atoms with Crippen molar-refractivity contribution in [2.24, 2.45) is 0 Å². The van der Waals surface area contributed by atoms with E-state index < -0.39 is 28.9 Å². The lowest BCUT2D eigenvalue weighted by atomic mass is 10.1. The van der Waals surface area contributed by atoms with E-state index in [4.69, 9.17) is 0 Å². The largest absolute Gasteiger partial charge is 0.427 e. The molecule has 0 aliphatic carbocycles. The fourth-order valence-electron chi connectivity index (χ4n) is 1.06. The normalized spacial score (nSPS) is 13.2. The molecule has 0 unspecified atom stereocenters. The lowest BCUT2D eigenvalue weighted by Gasteiger charge is -2.29. The zero-order valence-corrected chi connectivity index (χ0v) is 9.60. The highest BCUT2D eigenvalue weighted by molar-refractivity contribution is 6.35. The molecule has 1 rings (SSSR count). The molecule has 0 aliphatic rings. The van der Waals surface area contributed by atoms with E-state index in [1.54, 1.807) is 0 Å². The minimum absolute atomic E-state index is 0.481. The van der Waals surface area contributed by atoms with Gasteiger partial charge in [0.1, 0.15) is 5.75 Å². The molecule has 1 aromatic carbocycles. The predicted octanol–water partition coefficient (Wildman–Crippen LogP) is 3.69. The van der Waals surface area contributed by atoms with Gasteiger partial charge in [0.15, 0.2) is 0 Å². The quantitative estimate of drug-likeness (QED) is 0.360. The minimum atomic E-state index is -6.04. The number of carbonyl (C=O) groups is 1. The van der Waals surface area contributed by atoms with Crippen LogP contribution >= 0.6 is 11.6 Å². The van der Waals surface area contributed by atoms with Crippen LogP contribution in [0.2, 0.25) is 0 Å². The monoisotopic (exact) mass is 306 g/mol. The number of carbonyl (C=O) groups excluding carboxylic acids is 1. The third kappa shape index (κ3) is 2.94. The molecule has 0 saturated heterocycles. The number of hydrogen-bond acceptors (Lipinski definition) is 2. The van der Waals surface area contributed by atoms with Crippen molar-refractivity contribution < 1.29 is 35.9 Å². The molecule has 0 aliphatic heterocycles. The van der Waals surface area contributed by atoms with E-state index in [1.807, 2.05) is 0 Å². The van der Waals surface area contributed by atoms with Gasteiger partial charge in [0.2, 0.25) is 0 Å². The Morgan fingerprint density at radius 2 is 1.37 bits per heavy atom. The molecule has 0 saturated carbocycles. The Hall–Kier alpha value is -1.44. The van der Waals surface area contributed by atoms with Crippen molar-refractivity contribution in [3.8, 4) is 5.75 Å². The second-order valence-electron chi connectivity index (χ2n) is 3.36. The highest BCUT2D eigenvalue weighted by atomic mass is 35.5. The molecule has 0 amide bonds. The molecule has 0 heterocycles. The molecular weight excluding hydrogens is 302 g/mol. The fourth-order valence-corrected chi connectivity index (χ4v) is 1.10. The minimum Gasteiger partial charge on any atom is -0.425 e. The summed E-state index contributed by atoms with van der Waals surface area (Å²) in [5.74, 6) is -3.13. The highest BCUT2D eigenvalue weighted by Crippen LogP contribution is 2.48. The summed E-state index contributed by atoms with van der Waals surface area (Å²) in [7, 11) is 0. The summed E-state index contributed by atoms with van der Waals surface area (Å²) in [6.07, 6.45) is -12.1. The number of benzene rings is 1. The third-order valence-corrected chi connectivity index (χ3v) is 2.60. The van der Waals surface area contributed by atoms with Crippen LogP contribution in [0, 0.1) is 0 Å². The van der Waals surface area contributed by atoms with Gasteiger partial charge < -0.3 is 4.74 Å². The Labute approximate surface area is 107 Å². The Bertz CT molecular complexity index is 439. The summed E-state index contributed by atoms with van der Waals surface area (Å²) in [6.45, 7) is 0. The van der Waals surface area contributed by atoms with E-state index in [9.17, 15) is 31.1 Å². The third-order valence-electron chi connectivity index (χ3n) is 2.02. The molecule has 19 heavy (non-hydrogen) atoms. The summed E-state index contributed by atoms with van der Waals surface area (Å²) in [4.78, 5) is 6.03. The first-order chi connectivity index (χ1) is 8.50. The van der Waals surface area contributed by atoms with Crippen molar-refractivity contribution in [1.29, 1.82) is 0 Å². The lowest BCUT2D eigenvalue weighted by molar-refractivity contribution is -0.265. The maximum atomic E-state index is 12.4. The van der Waals surface area contributed by atoms with Gasteiger partial charge in [-0.1, -0.05) is 29.8 Å². The Morgan fingerprint density at radius 3 is 1.74 bits per heavy atom. The van der Waals surface area contributed by atoms with E-state index in [-0.39, 0.29) is 0 Å². The highest BCUT2D eigenvalue weighted by Gasteiger charge is 2.76. The van der Waals surface area contributed by atoms with Crippen LogP contribution in [0.25, 0.3) is 0 Å². The second-order valence-corrected chi connectivity index (χ2v) is 3.92. The van der Waals surface area contributed by atoms with Crippen molar-refractivity contribution in [1.82, 2.24) is 0 Å². The lowest BCUT2D eigenvalue weighted by Crippen LogP contribution is -2.59. The summed E-state index contributed by atoms with van der Waals surface area (Å²) in [6, 6.07) is 5.99. The standard InChI is InChI=1S/C10H5ClF6O2/c11-8(9(12,13)14,10(15,16)17)7(18)19-6-4-2-1-3-5-6/h1-5H. The first-order valence-electron chi connectivity index (χ1n) is 4.60. The van der Waals surface area contributed by atoms with E-state index >= 15 is 0 Å². The van der Waals surface area contributed by atoms with E-state index in [2.05, 4.69) is 16.3 Å². The number of ether oxygens (including phenoxy) is 1. The van der Waals surface area contributed by atoms with Crippen molar-refractivity contribution in [2.75, 3.05) is 0 Å². The smallest absolute Gasteiger partial charge is 0.425 e. The molecule has 0 atom stereocenters. The number of para-hydroxylation sites is 1. The topological polar surface area (TPSA) is 26.3 Å². The maximum absolute atomic E-state index is 12.4. The van der Waals surface area contributed by atoms with Gasteiger partial charge in [0.05, 0.1) is 0 Å². The maximum Gasteiger partial charge on any atom is 0.427 e. The van der Waals surface area contributed by atoms with Gasteiger partial charge in [-0.05, 0) is 12.1 Å².